The van der Waals surface area contributed by atoms with Gasteiger partial charge in [-0.2, -0.15) is 0 Å². The van der Waals surface area contributed by atoms with Crippen molar-refractivity contribution in [3.8, 4) is 0 Å². The van der Waals surface area contributed by atoms with Gasteiger partial charge in [0, 0.05) is 10.5 Å². The molecule has 0 N–H and O–H groups in total. The second-order valence-corrected chi connectivity index (χ2v) is 7.80. The van der Waals surface area contributed by atoms with Crippen LogP contribution in [-0.4, -0.2) is 30.2 Å². The fourth-order valence-electron chi connectivity index (χ4n) is 2.92. The van der Waals surface area contributed by atoms with Crippen LogP contribution < -0.4 is 14.9 Å². The zero-order valence-electron chi connectivity index (χ0n) is 15.4. The number of rotatable bonds is 4. The summed E-state index contributed by atoms with van der Waals surface area (Å²) >= 11 is 4.46. The number of carbonyl (C=O) groups excluding carboxylic acids is 2. The first-order valence-electron chi connectivity index (χ1n) is 8.40. The number of thiazole rings is 1. The number of allylic oxidation sites excluding steroid dienone is 1. The van der Waals surface area contributed by atoms with Crippen LogP contribution in [0.4, 0.5) is 0 Å². The molecule has 1 atom stereocenters. The van der Waals surface area contributed by atoms with Gasteiger partial charge in [-0.3, -0.25) is 9.36 Å². The molecule has 0 unspecified atom stereocenters. The van der Waals surface area contributed by atoms with E-state index in [4.69, 9.17) is 4.74 Å². The van der Waals surface area contributed by atoms with Crippen LogP contribution in [-0.2, 0) is 19.1 Å². The summed E-state index contributed by atoms with van der Waals surface area (Å²) < 4.78 is 12.3. The van der Waals surface area contributed by atoms with E-state index in [0.29, 0.717) is 16.1 Å². The number of aromatic nitrogens is 1. The Bertz CT molecular complexity index is 1140. The number of methoxy groups -OCH3 is 1. The van der Waals surface area contributed by atoms with Crippen molar-refractivity contribution < 1.29 is 19.1 Å². The van der Waals surface area contributed by atoms with Crippen molar-refractivity contribution in [1.82, 2.24) is 4.57 Å². The van der Waals surface area contributed by atoms with Crippen molar-refractivity contribution in [1.29, 1.82) is 0 Å². The minimum atomic E-state index is -0.705. The molecule has 1 aromatic heterocycles. The van der Waals surface area contributed by atoms with Crippen LogP contribution in [0.1, 0.15) is 25.5 Å². The Morgan fingerprint density at radius 2 is 2.00 bits per heavy atom. The lowest BCUT2D eigenvalue weighted by Gasteiger charge is -2.24. The maximum Gasteiger partial charge on any atom is 0.338 e. The van der Waals surface area contributed by atoms with Crippen molar-refractivity contribution in [3.05, 3.63) is 65.3 Å². The Morgan fingerprint density at radius 1 is 1.32 bits per heavy atom. The maximum absolute atomic E-state index is 13.0. The number of carbonyl (C=O) groups is 2. The molecule has 146 valence electrons. The number of hydrogen-bond acceptors (Lipinski definition) is 7. The molecule has 1 aliphatic rings. The van der Waals surface area contributed by atoms with Crippen molar-refractivity contribution in [3.63, 3.8) is 0 Å². The van der Waals surface area contributed by atoms with Gasteiger partial charge in [-0.15, -0.1) is 0 Å². The van der Waals surface area contributed by atoms with Gasteiger partial charge < -0.3 is 9.47 Å². The van der Waals surface area contributed by atoms with Crippen molar-refractivity contribution in [2.45, 2.75) is 19.9 Å². The van der Waals surface area contributed by atoms with Gasteiger partial charge in [0.25, 0.3) is 5.56 Å². The Balaban J connectivity index is 2.30. The first-order chi connectivity index (χ1) is 13.4. The number of ether oxygens (including phenoxy) is 2. The molecular weight excluding hydrogens is 448 g/mol. The second-order valence-electron chi connectivity index (χ2n) is 5.88. The van der Waals surface area contributed by atoms with Crippen molar-refractivity contribution in [2.24, 2.45) is 4.99 Å². The third-order valence-corrected chi connectivity index (χ3v) is 5.66. The van der Waals surface area contributed by atoms with Crippen LogP contribution in [0, 0.1) is 0 Å². The van der Waals surface area contributed by atoms with Gasteiger partial charge >= 0.3 is 11.9 Å². The van der Waals surface area contributed by atoms with Crippen LogP contribution in [0.3, 0.4) is 0 Å². The van der Waals surface area contributed by atoms with Gasteiger partial charge in [-0.1, -0.05) is 39.4 Å². The molecule has 0 radical (unpaired) electrons. The molecule has 0 aliphatic carbocycles. The van der Waals surface area contributed by atoms with Gasteiger partial charge in [-0.25, -0.2) is 14.6 Å². The van der Waals surface area contributed by atoms with E-state index in [1.54, 1.807) is 13.8 Å². The van der Waals surface area contributed by atoms with E-state index in [0.717, 1.165) is 27.4 Å². The first-order valence-corrected chi connectivity index (χ1v) is 10.0. The van der Waals surface area contributed by atoms with Gasteiger partial charge in [-0.05, 0) is 31.5 Å². The lowest BCUT2D eigenvalue weighted by Crippen LogP contribution is -2.40. The highest BCUT2D eigenvalue weighted by atomic mass is 79.9. The molecule has 0 spiro atoms. The number of esters is 2. The first kappa shape index (κ1) is 20.2. The molecule has 0 bridgehead atoms. The lowest BCUT2D eigenvalue weighted by atomic mass is 9.96. The van der Waals surface area contributed by atoms with Crippen LogP contribution in [0.2, 0.25) is 0 Å². The zero-order chi connectivity index (χ0) is 20.4. The molecule has 3 rings (SSSR count). The van der Waals surface area contributed by atoms with Crippen LogP contribution in [0.25, 0.3) is 6.08 Å². The number of benzene rings is 1. The average molecular weight is 465 g/mol. The van der Waals surface area contributed by atoms with Crippen molar-refractivity contribution in [2.75, 3.05) is 13.7 Å². The maximum atomic E-state index is 13.0. The normalized spacial score (nSPS) is 16.4. The molecule has 1 aliphatic heterocycles. The summed E-state index contributed by atoms with van der Waals surface area (Å²) in [6.45, 7) is 3.62. The summed E-state index contributed by atoms with van der Waals surface area (Å²) in [6.07, 6.45) is 1.13. The summed E-state index contributed by atoms with van der Waals surface area (Å²) in [5.74, 6) is -1.16. The van der Waals surface area contributed by atoms with Crippen molar-refractivity contribution >= 4 is 45.3 Å². The van der Waals surface area contributed by atoms with Crippen LogP contribution in [0.15, 0.2) is 49.8 Å². The van der Waals surface area contributed by atoms with E-state index < -0.39 is 23.5 Å². The fraction of sp³-hybridized carbons (Fsp3) is 0.263. The van der Waals surface area contributed by atoms with Crippen LogP contribution in [0.5, 0.6) is 0 Å². The number of nitrogens with zero attached hydrogens (tertiary/aromatic N) is 2. The van der Waals surface area contributed by atoms with E-state index in [1.807, 2.05) is 24.3 Å². The number of fused-ring (bicyclic) bond motifs is 1. The molecule has 9 heteroatoms. The molecule has 0 fully saturated rings. The highest BCUT2D eigenvalue weighted by molar-refractivity contribution is 9.10. The molecule has 1 aromatic carbocycles. The third kappa shape index (κ3) is 3.72. The van der Waals surface area contributed by atoms with Crippen LogP contribution >= 0.6 is 27.3 Å². The standard InChI is InChI=1S/C19H17BrN2O5S/c1-4-27-18(25)15-10(2)21-19-22(16(15)11-5-7-12(20)8-6-11)17(24)13(28-19)9-14(23)26-3/h5-9,16H,4H2,1-3H3/b13-9-/t16-/m1/s1. The Hall–Kier alpha value is -2.52. The molecule has 0 saturated carbocycles. The van der Waals surface area contributed by atoms with E-state index in [9.17, 15) is 14.4 Å². The van der Waals surface area contributed by atoms with E-state index in [2.05, 4.69) is 25.7 Å². The molecule has 2 aromatic rings. The minimum Gasteiger partial charge on any atom is -0.466 e. The van der Waals surface area contributed by atoms with E-state index in [1.165, 1.54) is 11.7 Å². The third-order valence-electron chi connectivity index (χ3n) is 4.15. The summed E-state index contributed by atoms with van der Waals surface area (Å²) in [5, 5.41) is 0. The zero-order valence-corrected chi connectivity index (χ0v) is 17.8. The van der Waals surface area contributed by atoms with Gasteiger partial charge in [0.05, 0.1) is 31.0 Å². The quantitative estimate of drug-likeness (QED) is 0.642. The Labute approximate surface area is 172 Å². The Morgan fingerprint density at radius 3 is 2.61 bits per heavy atom. The minimum absolute atomic E-state index is 0.186. The predicted molar refractivity (Wildman–Crippen MR) is 107 cm³/mol. The smallest absolute Gasteiger partial charge is 0.338 e. The number of halogens is 1. The monoisotopic (exact) mass is 464 g/mol. The number of hydrogen-bond donors (Lipinski definition) is 0. The fourth-order valence-corrected chi connectivity index (χ4v) is 4.19. The SMILES string of the molecule is CCOC(=O)C1=C(C)N=c2s/c(=C\C(=O)OC)c(=O)n2[C@@H]1c1ccc(Br)cc1. The van der Waals surface area contributed by atoms with Gasteiger partial charge in [0.1, 0.15) is 4.53 Å². The summed E-state index contributed by atoms with van der Waals surface area (Å²) in [5.41, 5.74) is 1.07. The molecule has 0 saturated heterocycles. The lowest BCUT2D eigenvalue weighted by molar-refractivity contribution is -0.139. The molecule has 2 heterocycles. The molecule has 28 heavy (non-hydrogen) atoms. The molecular formula is C19H17BrN2O5S. The van der Waals surface area contributed by atoms with E-state index in [-0.39, 0.29) is 11.1 Å². The second kappa shape index (κ2) is 8.24. The van der Waals surface area contributed by atoms with Gasteiger partial charge in [0.15, 0.2) is 4.80 Å². The average Bonchev–Trinajstić information content (AvgIpc) is 2.96. The largest absolute Gasteiger partial charge is 0.466 e. The molecule has 7 nitrogen and oxygen atoms in total. The highest BCUT2D eigenvalue weighted by Crippen LogP contribution is 2.31. The summed E-state index contributed by atoms with van der Waals surface area (Å²) in [4.78, 5) is 42.1. The molecule has 0 amide bonds. The highest BCUT2D eigenvalue weighted by Gasteiger charge is 2.33. The summed E-state index contributed by atoms with van der Waals surface area (Å²) in [6, 6.07) is 6.60. The summed E-state index contributed by atoms with van der Waals surface area (Å²) in [7, 11) is 1.24. The van der Waals surface area contributed by atoms with E-state index >= 15 is 0 Å². The Kier molecular flexibility index (Phi) is 5.95. The predicted octanol–water partition coefficient (Wildman–Crippen LogP) is 1.69. The van der Waals surface area contributed by atoms with Gasteiger partial charge in [0.2, 0.25) is 0 Å². The topological polar surface area (TPSA) is 87.0 Å².